The molecule has 6 nitrogen and oxygen atoms in total. The highest BCUT2D eigenvalue weighted by molar-refractivity contribution is 6.20. The number of rotatable bonds is 4. The summed E-state index contributed by atoms with van der Waals surface area (Å²) >= 11 is 0. The summed E-state index contributed by atoms with van der Waals surface area (Å²) in [5, 5.41) is 18.4. The maximum absolute atomic E-state index is 6.93. The molecule has 11 rings (SSSR count). The molecule has 0 bridgehead atoms. The molecule has 244 valence electrons. The second-order valence-electron chi connectivity index (χ2n) is 13.4. The van der Waals surface area contributed by atoms with Gasteiger partial charge in [0, 0.05) is 43.4 Å². The highest BCUT2D eigenvalue weighted by atomic mass is 16.4. The van der Waals surface area contributed by atoms with E-state index in [9.17, 15) is 0 Å². The van der Waals surface area contributed by atoms with Crippen molar-refractivity contribution < 1.29 is 8.83 Å². The summed E-state index contributed by atoms with van der Waals surface area (Å²) < 4.78 is 16.1. The maximum atomic E-state index is 6.93. The third kappa shape index (κ3) is 4.34. The third-order valence-corrected chi connectivity index (χ3v) is 10.5. The summed E-state index contributed by atoms with van der Waals surface area (Å²) in [5.41, 5.74) is 9.95. The molecule has 51 heavy (non-hydrogen) atoms. The monoisotopic (exact) mass is 660 g/mol. The van der Waals surface area contributed by atoms with E-state index in [0.29, 0.717) is 0 Å². The Bertz CT molecular complexity index is 2870. The van der Waals surface area contributed by atoms with Crippen LogP contribution in [0.5, 0.6) is 0 Å². The Balaban J connectivity index is 1.09. The van der Waals surface area contributed by atoms with Crippen LogP contribution in [-0.2, 0) is 0 Å². The summed E-state index contributed by atoms with van der Waals surface area (Å²) in [6.45, 7) is 0. The Hall–Kier alpha value is -6.18. The van der Waals surface area contributed by atoms with Crippen molar-refractivity contribution in [3.05, 3.63) is 169 Å². The lowest BCUT2D eigenvalue weighted by Crippen LogP contribution is -2.56. The number of benzene rings is 7. The van der Waals surface area contributed by atoms with Crippen molar-refractivity contribution in [2.24, 2.45) is 0 Å². The van der Waals surface area contributed by atoms with Crippen LogP contribution in [0.25, 0.3) is 76.8 Å². The van der Waals surface area contributed by atoms with Gasteiger partial charge in [-0.1, -0.05) is 133 Å². The molecule has 3 aromatic heterocycles. The molecule has 3 atom stereocenters. The summed E-state index contributed by atoms with van der Waals surface area (Å²) in [5.74, 6) is 0. The molecule has 1 aliphatic heterocycles. The van der Waals surface area contributed by atoms with Gasteiger partial charge in [-0.25, -0.2) is 0 Å². The van der Waals surface area contributed by atoms with E-state index in [1.165, 1.54) is 21.8 Å². The molecule has 0 saturated carbocycles. The smallest absolute Gasteiger partial charge is 0.178 e. The lowest BCUT2D eigenvalue weighted by molar-refractivity contribution is 0.161. The van der Waals surface area contributed by atoms with Crippen LogP contribution in [-0.4, -0.2) is 4.57 Å². The Kier molecular flexibility index (Phi) is 6.27. The highest BCUT2D eigenvalue weighted by Crippen LogP contribution is 2.43. The number of para-hydroxylation sites is 4. The van der Waals surface area contributed by atoms with Crippen molar-refractivity contribution in [3.63, 3.8) is 0 Å². The number of hydrogen-bond acceptors (Lipinski definition) is 5. The minimum Gasteiger partial charge on any atom is -0.452 e. The molecule has 0 aliphatic carbocycles. The van der Waals surface area contributed by atoms with E-state index >= 15 is 0 Å². The van der Waals surface area contributed by atoms with E-state index in [-0.39, 0.29) is 18.6 Å². The Morgan fingerprint density at radius 1 is 0.392 bits per heavy atom. The first-order valence-corrected chi connectivity index (χ1v) is 17.5. The molecule has 1 aliphatic rings. The zero-order chi connectivity index (χ0) is 33.5. The molecule has 4 heterocycles. The van der Waals surface area contributed by atoms with Crippen molar-refractivity contribution >= 4 is 65.7 Å². The van der Waals surface area contributed by atoms with Gasteiger partial charge >= 0.3 is 0 Å². The van der Waals surface area contributed by atoms with E-state index in [1.54, 1.807) is 0 Å². The molecule has 3 unspecified atom stereocenters. The molecule has 7 aromatic carbocycles. The highest BCUT2D eigenvalue weighted by Gasteiger charge is 2.33. The van der Waals surface area contributed by atoms with Crippen LogP contribution in [0.1, 0.15) is 29.7 Å². The van der Waals surface area contributed by atoms with Crippen molar-refractivity contribution in [2.75, 3.05) is 0 Å². The van der Waals surface area contributed by atoms with Gasteiger partial charge in [-0.3, -0.25) is 16.0 Å². The Labute approximate surface area is 292 Å². The SMILES string of the molecule is c1ccc(-c2cccc3c2oc2c3ccc3c4cccc(C5NC(c6ccccc6)NC(n6c7ccccc7c7ccccc76)N5)c4oc32)cc1. The summed E-state index contributed by atoms with van der Waals surface area (Å²) in [4.78, 5) is 0. The first-order valence-electron chi connectivity index (χ1n) is 17.5. The van der Waals surface area contributed by atoms with E-state index in [1.807, 2.05) is 6.07 Å². The molecule has 0 amide bonds. The van der Waals surface area contributed by atoms with Crippen molar-refractivity contribution in [1.82, 2.24) is 20.5 Å². The van der Waals surface area contributed by atoms with Crippen LogP contribution in [0.4, 0.5) is 0 Å². The van der Waals surface area contributed by atoms with Crippen LogP contribution in [0.2, 0.25) is 0 Å². The molecule has 0 radical (unpaired) electrons. The number of furan rings is 2. The van der Waals surface area contributed by atoms with Crippen LogP contribution in [0, 0.1) is 0 Å². The predicted octanol–water partition coefficient (Wildman–Crippen LogP) is 10.9. The van der Waals surface area contributed by atoms with Crippen LogP contribution >= 0.6 is 0 Å². The van der Waals surface area contributed by atoms with Gasteiger partial charge in [-0.05, 0) is 35.4 Å². The molecule has 6 heteroatoms. The lowest BCUT2D eigenvalue weighted by atomic mass is 10.0. The van der Waals surface area contributed by atoms with Gasteiger partial charge in [0.15, 0.2) is 11.2 Å². The van der Waals surface area contributed by atoms with Gasteiger partial charge in [0.05, 0.1) is 23.4 Å². The van der Waals surface area contributed by atoms with Crippen molar-refractivity contribution in [2.45, 2.75) is 18.6 Å². The fourth-order valence-corrected chi connectivity index (χ4v) is 8.23. The van der Waals surface area contributed by atoms with E-state index < -0.39 is 0 Å². The van der Waals surface area contributed by atoms with Gasteiger partial charge in [0.2, 0.25) is 0 Å². The molecule has 10 aromatic rings. The standard InChI is InChI=1S/C45H32N4O2/c1-3-13-27(14-4-1)29-19-11-20-32-34-25-26-35-33-21-12-22-36(40(33)51-42(35)41(34)50-39(29)32)44-46-43(28-15-5-2-6-16-28)47-45(48-44)49-37-23-9-7-17-30(37)31-18-8-10-24-38(31)49/h1-26,43-48H. The van der Waals surface area contributed by atoms with Crippen LogP contribution in [0.3, 0.4) is 0 Å². The molecular formula is C45H32N4O2. The van der Waals surface area contributed by atoms with E-state index in [0.717, 1.165) is 66.1 Å². The average molecular weight is 661 g/mol. The fourth-order valence-electron chi connectivity index (χ4n) is 8.23. The van der Waals surface area contributed by atoms with Gasteiger partial charge in [0.1, 0.15) is 17.5 Å². The minimum atomic E-state index is -0.249. The first kappa shape index (κ1) is 28.6. The average Bonchev–Trinajstić information content (AvgIpc) is 3.88. The largest absolute Gasteiger partial charge is 0.452 e. The van der Waals surface area contributed by atoms with Crippen LogP contribution < -0.4 is 16.0 Å². The Morgan fingerprint density at radius 3 is 1.63 bits per heavy atom. The van der Waals surface area contributed by atoms with E-state index in [4.69, 9.17) is 8.83 Å². The summed E-state index contributed by atoms with van der Waals surface area (Å²) in [6, 6.07) is 55.4. The Morgan fingerprint density at radius 2 is 0.922 bits per heavy atom. The third-order valence-electron chi connectivity index (χ3n) is 10.5. The number of aromatic nitrogens is 1. The quantitative estimate of drug-likeness (QED) is 0.175. The lowest BCUT2D eigenvalue weighted by Gasteiger charge is -2.40. The zero-order valence-electron chi connectivity index (χ0n) is 27.5. The molecule has 0 spiro atoms. The van der Waals surface area contributed by atoms with Crippen molar-refractivity contribution in [3.8, 4) is 11.1 Å². The first-order chi connectivity index (χ1) is 25.3. The second kappa shape index (κ2) is 11.2. The zero-order valence-corrected chi connectivity index (χ0v) is 27.5. The summed E-state index contributed by atoms with van der Waals surface area (Å²) in [6.07, 6.45) is -0.619. The molecule has 3 N–H and O–H groups in total. The number of fused-ring (bicyclic) bond motifs is 10. The van der Waals surface area contributed by atoms with Gasteiger partial charge in [-0.2, -0.15) is 0 Å². The van der Waals surface area contributed by atoms with Gasteiger partial charge in [0.25, 0.3) is 0 Å². The summed E-state index contributed by atoms with van der Waals surface area (Å²) in [7, 11) is 0. The number of nitrogens with one attached hydrogen (secondary N) is 3. The normalized spacial score (nSPS) is 18.2. The number of nitrogens with zero attached hydrogens (tertiary/aromatic N) is 1. The maximum Gasteiger partial charge on any atom is 0.178 e. The van der Waals surface area contributed by atoms with Crippen LogP contribution in [0.15, 0.2) is 167 Å². The molecular weight excluding hydrogens is 629 g/mol. The second-order valence-corrected chi connectivity index (χ2v) is 13.4. The number of hydrogen-bond donors (Lipinski definition) is 3. The molecule has 1 saturated heterocycles. The fraction of sp³-hybridized carbons (Fsp3) is 0.0667. The predicted molar refractivity (Wildman–Crippen MR) is 206 cm³/mol. The van der Waals surface area contributed by atoms with Gasteiger partial charge < -0.3 is 13.4 Å². The topological polar surface area (TPSA) is 67.3 Å². The molecule has 1 fully saturated rings. The van der Waals surface area contributed by atoms with Crippen molar-refractivity contribution in [1.29, 1.82) is 0 Å². The van der Waals surface area contributed by atoms with E-state index in [2.05, 4.69) is 172 Å². The van der Waals surface area contributed by atoms with Gasteiger partial charge in [-0.15, -0.1) is 0 Å². The minimum absolute atomic E-state index is 0.138.